The van der Waals surface area contributed by atoms with Crippen molar-refractivity contribution in [2.24, 2.45) is 0 Å². The van der Waals surface area contributed by atoms with E-state index in [4.69, 9.17) is 11.6 Å². The number of rotatable bonds is 6. The van der Waals surface area contributed by atoms with Crippen LogP contribution in [0.3, 0.4) is 0 Å². The average molecular weight is 417 g/mol. The molecule has 0 fully saturated rings. The van der Waals surface area contributed by atoms with E-state index in [-0.39, 0.29) is 0 Å². The Hall–Kier alpha value is -3.64. The molecule has 0 saturated heterocycles. The summed E-state index contributed by atoms with van der Waals surface area (Å²) < 4.78 is 0. The first-order valence-electron chi connectivity index (χ1n) is 9.49. The minimum absolute atomic E-state index is 0.401. The highest BCUT2D eigenvalue weighted by Crippen LogP contribution is 2.23. The van der Waals surface area contributed by atoms with Crippen LogP contribution in [0.4, 0.5) is 34.9 Å². The molecule has 6 nitrogen and oxygen atoms in total. The lowest BCUT2D eigenvalue weighted by molar-refractivity contribution is 1.06. The molecule has 0 spiro atoms. The Bertz CT molecular complexity index is 1020. The topological polar surface area (TPSA) is 74.8 Å². The second kappa shape index (κ2) is 8.80. The van der Waals surface area contributed by atoms with Gasteiger partial charge in [-0.05, 0) is 67.4 Å². The van der Waals surface area contributed by atoms with E-state index in [2.05, 4.69) is 30.9 Å². The lowest BCUT2D eigenvalue weighted by atomic mass is 10.2. The third-order valence-electron chi connectivity index (χ3n) is 4.26. The van der Waals surface area contributed by atoms with E-state index < -0.39 is 0 Å². The summed E-state index contributed by atoms with van der Waals surface area (Å²) in [6.07, 6.45) is 0. The van der Waals surface area contributed by atoms with Crippen LogP contribution < -0.4 is 16.0 Å². The van der Waals surface area contributed by atoms with Crippen molar-refractivity contribution in [2.45, 2.75) is 13.8 Å². The van der Waals surface area contributed by atoms with Gasteiger partial charge in [-0.15, -0.1) is 0 Å². The first-order chi connectivity index (χ1) is 14.5. The van der Waals surface area contributed by atoms with Gasteiger partial charge in [-0.1, -0.05) is 41.9 Å². The molecule has 150 valence electrons. The predicted octanol–water partition coefficient (Wildman–Crippen LogP) is 6.37. The van der Waals surface area contributed by atoms with Gasteiger partial charge in [0.05, 0.1) is 0 Å². The summed E-state index contributed by atoms with van der Waals surface area (Å²) in [6, 6.07) is 23.4. The van der Waals surface area contributed by atoms with Crippen molar-refractivity contribution in [1.82, 2.24) is 15.0 Å². The Kier molecular flexibility index (Phi) is 5.77. The summed E-state index contributed by atoms with van der Waals surface area (Å²) in [7, 11) is 0. The molecule has 7 heteroatoms. The Balaban J connectivity index is 1.67. The van der Waals surface area contributed by atoms with E-state index in [9.17, 15) is 0 Å². The zero-order valence-electron chi connectivity index (χ0n) is 16.6. The molecule has 1 heterocycles. The van der Waals surface area contributed by atoms with E-state index in [1.165, 1.54) is 0 Å². The maximum Gasteiger partial charge on any atom is 0.233 e. The number of benzene rings is 3. The van der Waals surface area contributed by atoms with Gasteiger partial charge < -0.3 is 16.0 Å². The molecule has 0 radical (unpaired) electrons. The summed E-state index contributed by atoms with van der Waals surface area (Å²) >= 11 is 6.10. The number of aromatic nitrogens is 3. The van der Waals surface area contributed by atoms with Crippen molar-refractivity contribution < 1.29 is 0 Å². The molecule has 3 N–H and O–H groups in total. The second-order valence-corrected chi connectivity index (χ2v) is 7.37. The molecular formula is C23H21ClN6. The molecule has 0 amide bonds. The van der Waals surface area contributed by atoms with E-state index in [1.54, 1.807) is 0 Å². The fraction of sp³-hybridized carbons (Fsp3) is 0.0870. The largest absolute Gasteiger partial charge is 0.324 e. The molecule has 1 aromatic heterocycles. The quantitative estimate of drug-likeness (QED) is 0.339. The van der Waals surface area contributed by atoms with Crippen molar-refractivity contribution in [3.05, 3.63) is 88.9 Å². The molecule has 30 heavy (non-hydrogen) atoms. The highest BCUT2D eigenvalue weighted by Gasteiger charge is 2.09. The Morgan fingerprint density at radius 3 is 1.37 bits per heavy atom. The highest BCUT2D eigenvalue weighted by atomic mass is 35.5. The first-order valence-corrected chi connectivity index (χ1v) is 9.87. The summed E-state index contributed by atoms with van der Waals surface area (Å²) in [5.41, 5.74) is 4.87. The van der Waals surface area contributed by atoms with Gasteiger partial charge in [0, 0.05) is 22.1 Å². The van der Waals surface area contributed by atoms with Gasteiger partial charge >= 0.3 is 0 Å². The standard InChI is InChI=1S/C23H21ClN6/c1-15-6-3-9-18(12-15)25-21-28-22(26-19-10-4-7-16(2)13-19)30-23(29-21)27-20-11-5-8-17(24)14-20/h3-14H,1-2H3,(H3,25,26,27,28,29,30). The van der Waals surface area contributed by atoms with Crippen molar-refractivity contribution in [3.63, 3.8) is 0 Å². The Morgan fingerprint density at radius 2 is 0.967 bits per heavy atom. The molecule has 0 atom stereocenters. The van der Waals surface area contributed by atoms with Gasteiger partial charge in [0.2, 0.25) is 17.8 Å². The number of hydrogen-bond acceptors (Lipinski definition) is 6. The van der Waals surface area contributed by atoms with Crippen LogP contribution in [0.1, 0.15) is 11.1 Å². The Labute approximate surface area is 180 Å². The third-order valence-corrected chi connectivity index (χ3v) is 4.50. The molecule has 0 aliphatic carbocycles. The van der Waals surface area contributed by atoms with Crippen LogP contribution in [-0.2, 0) is 0 Å². The number of hydrogen-bond donors (Lipinski definition) is 3. The van der Waals surface area contributed by atoms with Crippen molar-refractivity contribution in [3.8, 4) is 0 Å². The fourth-order valence-corrected chi connectivity index (χ4v) is 3.13. The van der Waals surface area contributed by atoms with Gasteiger partial charge in [-0.3, -0.25) is 0 Å². The van der Waals surface area contributed by atoms with Crippen molar-refractivity contribution in [1.29, 1.82) is 0 Å². The number of nitrogens with one attached hydrogen (secondary N) is 3. The van der Waals surface area contributed by atoms with Crippen LogP contribution in [0.5, 0.6) is 0 Å². The lowest BCUT2D eigenvalue weighted by Gasteiger charge is -2.12. The zero-order chi connectivity index (χ0) is 20.9. The summed E-state index contributed by atoms with van der Waals surface area (Å²) in [4.78, 5) is 13.6. The van der Waals surface area contributed by atoms with E-state index >= 15 is 0 Å². The summed E-state index contributed by atoms with van der Waals surface area (Å²) in [5.74, 6) is 1.25. The molecular weight excluding hydrogens is 396 g/mol. The minimum atomic E-state index is 0.401. The number of anilines is 6. The number of nitrogens with zero attached hydrogens (tertiary/aromatic N) is 3. The zero-order valence-corrected chi connectivity index (χ0v) is 17.4. The molecule has 0 aliphatic heterocycles. The monoisotopic (exact) mass is 416 g/mol. The Morgan fingerprint density at radius 1 is 0.567 bits per heavy atom. The van der Waals surface area contributed by atoms with Crippen molar-refractivity contribution in [2.75, 3.05) is 16.0 Å². The maximum absolute atomic E-state index is 6.10. The molecule has 4 aromatic rings. The van der Waals surface area contributed by atoms with Crippen LogP contribution in [0.25, 0.3) is 0 Å². The third kappa shape index (κ3) is 5.24. The number of aryl methyl sites for hydroxylation is 2. The predicted molar refractivity (Wildman–Crippen MR) is 123 cm³/mol. The smallest absolute Gasteiger partial charge is 0.233 e. The van der Waals surface area contributed by atoms with Crippen LogP contribution in [0.2, 0.25) is 5.02 Å². The lowest BCUT2D eigenvalue weighted by Crippen LogP contribution is -2.07. The highest BCUT2D eigenvalue weighted by molar-refractivity contribution is 6.30. The van der Waals surface area contributed by atoms with Crippen molar-refractivity contribution >= 4 is 46.5 Å². The maximum atomic E-state index is 6.10. The SMILES string of the molecule is Cc1cccc(Nc2nc(Nc3cccc(C)c3)nc(Nc3cccc(Cl)c3)n2)c1. The fourth-order valence-electron chi connectivity index (χ4n) is 2.94. The normalized spacial score (nSPS) is 10.5. The van der Waals surface area contributed by atoms with Gasteiger partial charge in [-0.25, -0.2) is 0 Å². The van der Waals surface area contributed by atoms with Gasteiger partial charge in [0.25, 0.3) is 0 Å². The van der Waals surface area contributed by atoms with Crippen LogP contribution in [-0.4, -0.2) is 15.0 Å². The molecule has 4 rings (SSSR count). The first kappa shape index (κ1) is 19.7. The average Bonchev–Trinajstić information content (AvgIpc) is 2.68. The van der Waals surface area contributed by atoms with Crippen LogP contribution in [0.15, 0.2) is 72.8 Å². The van der Waals surface area contributed by atoms with E-state index in [0.717, 1.165) is 28.2 Å². The second-order valence-electron chi connectivity index (χ2n) is 6.93. The van der Waals surface area contributed by atoms with Gasteiger partial charge in [0.1, 0.15) is 0 Å². The molecule has 0 saturated carbocycles. The van der Waals surface area contributed by atoms with Gasteiger partial charge in [0.15, 0.2) is 0 Å². The number of halogens is 1. The molecule has 0 bridgehead atoms. The van der Waals surface area contributed by atoms with Crippen LogP contribution in [0, 0.1) is 13.8 Å². The summed E-state index contributed by atoms with van der Waals surface area (Å²) in [6.45, 7) is 4.07. The van der Waals surface area contributed by atoms with Gasteiger partial charge in [-0.2, -0.15) is 15.0 Å². The van der Waals surface area contributed by atoms with Crippen LogP contribution >= 0.6 is 11.6 Å². The molecule has 3 aromatic carbocycles. The summed E-state index contributed by atoms with van der Waals surface area (Å²) in [5, 5.41) is 10.3. The van der Waals surface area contributed by atoms with E-state index in [0.29, 0.717) is 22.9 Å². The molecule has 0 unspecified atom stereocenters. The minimum Gasteiger partial charge on any atom is -0.324 e. The van der Waals surface area contributed by atoms with E-state index in [1.807, 2.05) is 86.6 Å². The molecule has 0 aliphatic rings.